The van der Waals surface area contributed by atoms with E-state index in [1.54, 1.807) is 0 Å². The molecule has 0 bridgehead atoms. The summed E-state index contributed by atoms with van der Waals surface area (Å²) in [4.78, 5) is 2.28. The van der Waals surface area contributed by atoms with Gasteiger partial charge in [-0.05, 0) is 18.9 Å². The largest absolute Gasteiger partial charge is 0.388 e. The zero-order chi connectivity index (χ0) is 10.0. The van der Waals surface area contributed by atoms with Crippen LogP contribution in [0.25, 0.3) is 0 Å². The third kappa shape index (κ3) is 2.34. The Bertz CT molecular complexity index is 286. The first-order valence-corrected chi connectivity index (χ1v) is 5.14. The van der Waals surface area contributed by atoms with Gasteiger partial charge in [-0.1, -0.05) is 30.3 Å². The summed E-state index contributed by atoms with van der Waals surface area (Å²) in [6.45, 7) is 4.59. The molecule has 1 aromatic rings. The fourth-order valence-corrected chi connectivity index (χ4v) is 2.01. The Morgan fingerprint density at radius 2 is 1.93 bits per heavy atom. The summed E-state index contributed by atoms with van der Waals surface area (Å²) in [6, 6.07) is 10.5. The second-order valence-electron chi connectivity index (χ2n) is 4.44. The van der Waals surface area contributed by atoms with Crippen LogP contribution in [0.3, 0.4) is 0 Å². The summed E-state index contributed by atoms with van der Waals surface area (Å²) in [5, 5.41) is 9.54. The summed E-state index contributed by atoms with van der Waals surface area (Å²) in [5.41, 5.74) is 0.940. The van der Waals surface area contributed by atoms with Gasteiger partial charge in [0.2, 0.25) is 0 Å². The number of aliphatic hydroxyl groups is 1. The van der Waals surface area contributed by atoms with E-state index < -0.39 is 5.60 Å². The molecule has 0 saturated carbocycles. The van der Waals surface area contributed by atoms with Crippen LogP contribution in [0.2, 0.25) is 0 Å². The number of hydrogen-bond donors (Lipinski definition) is 1. The van der Waals surface area contributed by atoms with E-state index >= 15 is 0 Å². The van der Waals surface area contributed by atoms with Gasteiger partial charge in [0.25, 0.3) is 0 Å². The third-order valence-electron chi connectivity index (χ3n) is 2.69. The minimum absolute atomic E-state index is 0.434. The molecule has 76 valence electrons. The molecule has 14 heavy (non-hydrogen) atoms. The summed E-state index contributed by atoms with van der Waals surface area (Å²) in [5.74, 6) is 0. The topological polar surface area (TPSA) is 23.5 Å². The van der Waals surface area contributed by atoms with Crippen LogP contribution in [-0.2, 0) is 6.42 Å². The summed E-state index contributed by atoms with van der Waals surface area (Å²) in [7, 11) is 0. The number of rotatable bonds is 3. The number of β-amino-alcohol motifs (C(OH)–C–C–N with tert-alkyl or cyclic N) is 1. The second-order valence-corrected chi connectivity index (χ2v) is 4.44. The molecule has 0 aliphatic carbocycles. The van der Waals surface area contributed by atoms with Crippen LogP contribution >= 0.6 is 0 Å². The predicted octanol–water partition coefficient (Wildman–Crippen LogP) is 1.30. The molecule has 0 radical (unpaired) electrons. The molecule has 0 amide bonds. The first-order valence-electron chi connectivity index (χ1n) is 5.14. The monoisotopic (exact) mass is 191 g/mol. The number of benzene rings is 1. The molecule has 1 fully saturated rings. The van der Waals surface area contributed by atoms with Gasteiger partial charge in [-0.2, -0.15) is 0 Å². The van der Waals surface area contributed by atoms with Crippen LogP contribution in [0.15, 0.2) is 30.3 Å². The molecule has 1 saturated heterocycles. The lowest BCUT2D eigenvalue weighted by Crippen LogP contribution is -2.60. The maximum atomic E-state index is 9.54. The van der Waals surface area contributed by atoms with Crippen LogP contribution in [-0.4, -0.2) is 35.2 Å². The van der Waals surface area contributed by atoms with Crippen LogP contribution in [0.4, 0.5) is 0 Å². The Hall–Kier alpha value is -0.860. The molecule has 1 aromatic carbocycles. The summed E-state index contributed by atoms with van der Waals surface area (Å²) < 4.78 is 0. The van der Waals surface area contributed by atoms with Crippen LogP contribution in [0.1, 0.15) is 12.5 Å². The van der Waals surface area contributed by atoms with Gasteiger partial charge in [-0.25, -0.2) is 0 Å². The smallest absolute Gasteiger partial charge is 0.0872 e. The van der Waals surface area contributed by atoms with Gasteiger partial charge in [-0.3, -0.25) is 4.90 Å². The standard InChI is InChI=1S/C12H17NO/c1-12(14)9-13(10-12)8-7-11-5-3-2-4-6-11/h2-6,14H,7-10H2,1H3. The molecule has 1 heterocycles. The van der Waals surface area contributed by atoms with Gasteiger partial charge in [0, 0.05) is 19.6 Å². The van der Waals surface area contributed by atoms with E-state index in [1.165, 1.54) is 5.56 Å². The predicted molar refractivity (Wildman–Crippen MR) is 57.2 cm³/mol. The van der Waals surface area contributed by atoms with Gasteiger partial charge >= 0.3 is 0 Å². The van der Waals surface area contributed by atoms with Crippen molar-refractivity contribution in [3.05, 3.63) is 35.9 Å². The van der Waals surface area contributed by atoms with Crippen molar-refractivity contribution in [3.63, 3.8) is 0 Å². The Kier molecular flexibility index (Phi) is 2.57. The first kappa shape index (κ1) is 9.69. The van der Waals surface area contributed by atoms with E-state index in [1.807, 2.05) is 13.0 Å². The molecule has 2 heteroatoms. The average molecular weight is 191 g/mol. The highest BCUT2D eigenvalue weighted by atomic mass is 16.3. The van der Waals surface area contributed by atoms with Crippen molar-refractivity contribution in [1.82, 2.24) is 4.90 Å². The molecule has 2 nitrogen and oxygen atoms in total. The number of nitrogens with zero attached hydrogens (tertiary/aromatic N) is 1. The lowest BCUT2D eigenvalue weighted by molar-refractivity contribution is -0.0824. The SMILES string of the molecule is CC1(O)CN(CCc2ccccc2)C1. The normalized spacial score (nSPS) is 20.4. The first-order chi connectivity index (χ1) is 6.66. The third-order valence-corrected chi connectivity index (χ3v) is 2.69. The number of likely N-dealkylation sites (tertiary alicyclic amines) is 1. The van der Waals surface area contributed by atoms with E-state index in [9.17, 15) is 5.11 Å². The maximum absolute atomic E-state index is 9.54. The Morgan fingerprint density at radius 3 is 2.50 bits per heavy atom. The molecule has 0 unspecified atom stereocenters. The van der Waals surface area contributed by atoms with Crippen molar-refractivity contribution in [2.24, 2.45) is 0 Å². The van der Waals surface area contributed by atoms with Gasteiger partial charge in [0.15, 0.2) is 0 Å². The lowest BCUT2D eigenvalue weighted by Gasteiger charge is -2.44. The molecular weight excluding hydrogens is 174 g/mol. The van der Waals surface area contributed by atoms with Crippen LogP contribution < -0.4 is 0 Å². The van der Waals surface area contributed by atoms with Gasteiger partial charge in [-0.15, -0.1) is 0 Å². The van der Waals surface area contributed by atoms with Crippen molar-refractivity contribution < 1.29 is 5.11 Å². The zero-order valence-corrected chi connectivity index (χ0v) is 8.61. The average Bonchev–Trinajstić information content (AvgIpc) is 2.13. The lowest BCUT2D eigenvalue weighted by atomic mass is 9.96. The summed E-state index contributed by atoms with van der Waals surface area (Å²) in [6.07, 6.45) is 1.08. The molecular formula is C12H17NO. The molecule has 2 rings (SSSR count). The van der Waals surface area contributed by atoms with E-state index in [0.29, 0.717) is 0 Å². The van der Waals surface area contributed by atoms with Crippen molar-refractivity contribution >= 4 is 0 Å². The highest BCUT2D eigenvalue weighted by Gasteiger charge is 2.35. The highest BCUT2D eigenvalue weighted by Crippen LogP contribution is 2.19. The van der Waals surface area contributed by atoms with Gasteiger partial charge < -0.3 is 5.11 Å². The quantitative estimate of drug-likeness (QED) is 0.778. The Morgan fingerprint density at radius 1 is 1.29 bits per heavy atom. The van der Waals surface area contributed by atoms with Crippen LogP contribution in [0, 0.1) is 0 Å². The number of hydrogen-bond acceptors (Lipinski definition) is 2. The maximum Gasteiger partial charge on any atom is 0.0872 e. The Balaban J connectivity index is 1.75. The fraction of sp³-hybridized carbons (Fsp3) is 0.500. The molecule has 0 spiro atoms. The van der Waals surface area contributed by atoms with E-state index in [0.717, 1.165) is 26.1 Å². The van der Waals surface area contributed by atoms with E-state index in [-0.39, 0.29) is 0 Å². The highest BCUT2D eigenvalue weighted by molar-refractivity contribution is 5.15. The van der Waals surface area contributed by atoms with Crippen molar-refractivity contribution in [1.29, 1.82) is 0 Å². The zero-order valence-electron chi connectivity index (χ0n) is 8.61. The second kappa shape index (κ2) is 3.71. The molecule has 0 atom stereocenters. The minimum Gasteiger partial charge on any atom is -0.388 e. The van der Waals surface area contributed by atoms with Gasteiger partial charge in [0.05, 0.1) is 5.60 Å². The molecule has 0 aromatic heterocycles. The molecule has 1 aliphatic heterocycles. The fourth-order valence-electron chi connectivity index (χ4n) is 2.01. The van der Waals surface area contributed by atoms with Gasteiger partial charge in [0.1, 0.15) is 0 Å². The molecule has 1 N–H and O–H groups in total. The van der Waals surface area contributed by atoms with Crippen molar-refractivity contribution in [3.8, 4) is 0 Å². The van der Waals surface area contributed by atoms with E-state index in [2.05, 4.69) is 29.2 Å². The van der Waals surface area contributed by atoms with Crippen molar-refractivity contribution in [2.75, 3.05) is 19.6 Å². The minimum atomic E-state index is -0.434. The van der Waals surface area contributed by atoms with Crippen molar-refractivity contribution in [2.45, 2.75) is 18.9 Å². The van der Waals surface area contributed by atoms with E-state index in [4.69, 9.17) is 0 Å². The van der Waals surface area contributed by atoms with Crippen LogP contribution in [0.5, 0.6) is 0 Å². The summed E-state index contributed by atoms with van der Waals surface area (Å²) >= 11 is 0. The Labute approximate surface area is 85.2 Å². The molecule has 1 aliphatic rings.